The predicted octanol–water partition coefficient (Wildman–Crippen LogP) is 4.87. The Morgan fingerprint density at radius 2 is 1.65 bits per heavy atom. The normalized spacial score (nSPS) is 10.5. The highest BCUT2D eigenvalue weighted by Gasteiger charge is 2.12. The average molecular weight is 371 g/mol. The van der Waals surface area contributed by atoms with E-state index in [1.54, 1.807) is 7.11 Å². The fourth-order valence-electron chi connectivity index (χ4n) is 2.45. The van der Waals surface area contributed by atoms with Crippen LogP contribution in [-0.4, -0.2) is 17.1 Å². The Morgan fingerprint density at radius 3 is 2.27 bits per heavy atom. The molecule has 6 nitrogen and oxygen atoms in total. The summed E-state index contributed by atoms with van der Waals surface area (Å²) in [6.07, 6.45) is 1.40. The molecule has 0 aliphatic carbocycles. The van der Waals surface area contributed by atoms with E-state index in [-0.39, 0.29) is 5.88 Å². The number of nitrogen functional groups attached to an aromatic ring is 1. The molecular formula is C19H19ClN4O2. The Hall–Kier alpha value is -2.99. The molecule has 1 aromatic heterocycles. The fraction of sp³-hybridized carbons (Fsp3) is 0.158. The van der Waals surface area contributed by atoms with Crippen molar-refractivity contribution in [3.8, 4) is 17.4 Å². The standard InChI is InChI=1S/C19H19ClN4O2/c1-11-8-15(9-12(2)16(11)20)26-19-17(21)18(22-10-23-19)24-13-4-6-14(25-3)7-5-13/h4-10H,21H2,1-3H3,(H,22,23,24). The van der Waals surface area contributed by atoms with E-state index >= 15 is 0 Å². The number of hydrogen-bond donors (Lipinski definition) is 2. The molecule has 0 saturated heterocycles. The zero-order chi connectivity index (χ0) is 18.7. The molecule has 0 aliphatic rings. The summed E-state index contributed by atoms with van der Waals surface area (Å²) >= 11 is 6.20. The number of rotatable bonds is 5. The van der Waals surface area contributed by atoms with Crippen LogP contribution in [0.25, 0.3) is 0 Å². The van der Waals surface area contributed by atoms with Crippen molar-refractivity contribution in [2.75, 3.05) is 18.2 Å². The van der Waals surface area contributed by atoms with Crippen molar-refractivity contribution < 1.29 is 9.47 Å². The van der Waals surface area contributed by atoms with Crippen molar-refractivity contribution in [2.24, 2.45) is 0 Å². The van der Waals surface area contributed by atoms with E-state index in [2.05, 4.69) is 15.3 Å². The van der Waals surface area contributed by atoms with Crippen LogP contribution in [-0.2, 0) is 0 Å². The van der Waals surface area contributed by atoms with Crippen molar-refractivity contribution >= 4 is 28.8 Å². The summed E-state index contributed by atoms with van der Waals surface area (Å²) in [6.45, 7) is 3.84. The maximum Gasteiger partial charge on any atom is 0.248 e. The summed E-state index contributed by atoms with van der Waals surface area (Å²) in [5.41, 5.74) is 9.16. The van der Waals surface area contributed by atoms with Crippen LogP contribution >= 0.6 is 11.6 Å². The Kier molecular flexibility index (Phi) is 5.14. The van der Waals surface area contributed by atoms with Gasteiger partial charge in [-0.15, -0.1) is 0 Å². The summed E-state index contributed by atoms with van der Waals surface area (Å²) in [4.78, 5) is 8.32. The molecule has 3 aromatic rings. The summed E-state index contributed by atoms with van der Waals surface area (Å²) in [5, 5.41) is 3.87. The molecule has 7 heteroatoms. The van der Waals surface area contributed by atoms with E-state index in [4.69, 9.17) is 26.8 Å². The van der Waals surface area contributed by atoms with E-state index in [0.29, 0.717) is 17.3 Å². The first kappa shape index (κ1) is 17.8. The van der Waals surface area contributed by atoms with Gasteiger partial charge in [0.05, 0.1) is 7.11 Å². The summed E-state index contributed by atoms with van der Waals surface area (Å²) in [5.74, 6) is 2.12. The number of nitrogens with one attached hydrogen (secondary N) is 1. The fourth-order valence-corrected chi connectivity index (χ4v) is 2.56. The second kappa shape index (κ2) is 7.49. The van der Waals surface area contributed by atoms with E-state index in [1.807, 2.05) is 50.2 Å². The number of nitrogens with zero attached hydrogens (tertiary/aromatic N) is 2. The van der Waals surface area contributed by atoms with Crippen LogP contribution in [0.4, 0.5) is 17.2 Å². The second-order valence-electron chi connectivity index (χ2n) is 5.77. The van der Waals surface area contributed by atoms with Crippen LogP contribution in [0, 0.1) is 13.8 Å². The van der Waals surface area contributed by atoms with Gasteiger partial charge in [0, 0.05) is 10.7 Å². The molecule has 0 aliphatic heterocycles. The van der Waals surface area contributed by atoms with Gasteiger partial charge < -0.3 is 20.5 Å². The minimum atomic E-state index is 0.275. The zero-order valence-electron chi connectivity index (χ0n) is 14.7. The summed E-state index contributed by atoms with van der Waals surface area (Å²) < 4.78 is 11.0. The molecule has 3 N–H and O–H groups in total. The second-order valence-corrected chi connectivity index (χ2v) is 6.15. The largest absolute Gasteiger partial charge is 0.497 e. The quantitative estimate of drug-likeness (QED) is 0.666. The highest BCUT2D eigenvalue weighted by molar-refractivity contribution is 6.32. The van der Waals surface area contributed by atoms with Crippen molar-refractivity contribution in [3.63, 3.8) is 0 Å². The Morgan fingerprint density at radius 1 is 1.00 bits per heavy atom. The molecule has 1 heterocycles. The summed E-state index contributed by atoms with van der Waals surface area (Å²) in [6, 6.07) is 11.1. The van der Waals surface area contributed by atoms with Gasteiger partial charge in [-0.05, 0) is 61.4 Å². The zero-order valence-corrected chi connectivity index (χ0v) is 15.5. The van der Waals surface area contributed by atoms with Gasteiger partial charge in [-0.1, -0.05) is 11.6 Å². The lowest BCUT2D eigenvalue weighted by molar-refractivity contribution is 0.415. The van der Waals surface area contributed by atoms with Crippen molar-refractivity contribution in [1.29, 1.82) is 0 Å². The Balaban J connectivity index is 1.84. The Bertz CT molecular complexity index is 906. The highest BCUT2D eigenvalue weighted by Crippen LogP contribution is 2.33. The van der Waals surface area contributed by atoms with Gasteiger partial charge in [0.2, 0.25) is 5.88 Å². The van der Waals surface area contributed by atoms with Gasteiger partial charge in [0.25, 0.3) is 0 Å². The number of ether oxygens (including phenoxy) is 2. The minimum Gasteiger partial charge on any atom is -0.497 e. The number of aromatic nitrogens is 2. The lowest BCUT2D eigenvalue weighted by atomic mass is 10.1. The van der Waals surface area contributed by atoms with Crippen LogP contribution in [0.1, 0.15) is 11.1 Å². The molecule has 0 fully saturated rings. The topological polar surface area (TPSA) is 82.3 Å². The van der Waals surface area contributed by atoms with Gasteiger partial charge in [-0.25, -0.2) is 4.98 Å². The number of anilines is 3. The lowest BCUT2D eigenvalue weighted by Gasteiger charge is -2.13. The molecule has 0 amide bonds. The number of nitrogens with two attached hydrogens (primary N) is 1. The van der Waals surface area contributed by atoms with Gasteiger partial charge >= 0.3 is 0 Å². The smallest absolute Gasteiger partial charge is 0.248 e. The van der Waals surface area contributed by atoms with Crippen LogP contribution < -0.4 is 20.5 Å². The number of aryl methyl sites for hydroxylation is 2. The molecule has 26 heavy (non-hydrogen) atoms. The molecule has 2 aromatic carbocycles. The number of benzene rings is 2. The maximum atomic E-state index is 6.20. The first-order valence-corrected chi connectivity index (χ1v) is 8.32. The van der Waals surface area contributed by atoms with Crippen molar-refractivity contribution in [1.82, 2.24) is 9.97 Å². The first-order valence-electron chi connectivity index (χ1n) is 7.94. The molecule has 3 rings (SSSR count). The van der Waals surface area contributed by atoms with Gasteiger partial charge in [-0.3, -0.25) is 0 Å². The van der Waals surface area contributed by atoms with E-state index in [1.165, 1.54) is 6.33 Å². The molecular weight excluding hydrogens is 352 g/mol. The number of hydrogen-bond acceptors (Lipinski definition) is 6. The van der Waals surface area contributed by atoms with Crippen molar-refractivity contribution in [3.05, 3.63) is 58.9 Å². The maximum absolute atomic E-state index is 6.20. The lowest BCUT2D eigenvalue weighted by Crippen LogP contribution is -2.03. The van der Waals surface area contributed by atoms with Crippen molar-refractivity contribution in [2.45, 2.75) is 13.8 Å². The Labute approximate surface area is 156 Å². The predicted molar refractivity (Wildman–Crippen MR) is 104 cm³/mol. The van der Waals surface area contributed by atoms with Crippen LogP contribution in [0.15, 0.2) is 42.7 Å². The molecule has 0 radical (unpaired) electrons. The van der Waals surface area contributed by atoms with E-state index < -0.39 is 0 Å². The molecule has 0 spiro atoms. The molecule has 0 atom stereocenters. The van der Waals surface area contributed by atoms with E-state index in [0.717, 1.165) is 27.6 Å². The molecule has 0 bridgehead atoms. The van der Waals surface area contributed by atoms with E-state index in [9.17, 15) is 0 Å². The van der Waals surface area contributed by atoms with Gasteiger partial charge in [0.1, 0.15) is 23.5 Å². The molecule has 134 valence electrons. The SMILES string of the molecule is COc1ccc(Nc2ncnc(Oc3cc(C)c(Cl)c(C)c3)c2N)cc1. The molecule has 0 saturated carbocycles. The van der Waals surface area contributed by atoms with Gasteiger partial charge in [-0.2, -0.15) is 4.98 Å². The van der Waals surface area contributed by atoms with Gasteiger partial charge in [0.15, 0.2) is 5.82 Å². The first-order chi connectivity index (χ1) is 12.5. The highest BCUT2D eigenvalue weighted by atomic mass is 35.5. The number of halogens is 1. The average Bonchev–Trinajstić information content (AvgIpc) is 2.63. The minimum absolute atomic E-state index is 0.275. The molecule has 0 unspecified atom stereocenters. The third kappa shape index (κ3) is 3.81. The number of methoxy groups -OCH3 is 1. The monoisotopic (exact) mass is 370 g/mol. The third-order valence-electron chi connectivity index (χ3n) is 3.82. The summed E-state index contributed by atoms with van der Waals surface area (Å²) in [7, 11) is 1.62. The van der Waals surface area contributed by atoms with Crippen LogP contribution in [0.2, 0.25) is 5.02 Å². The van der Waals surface area contributed by atoms with Crippen LogP contribution in [0.3, 0.4) is 0 Å². The third-order valence-corrected chi connectivity index (χ3v) is 4.42. The van der Waals surface area contributed by atoms with Crippen LogP contribution in [0.5, 0.6) is 17.4 Å².